The number of methoxy groups -OCH3 is 2. The molecular weight excluding hydrogens is 629 g/mol. The SMILES string of the molecule is COc1ccccc1OCCOc1c(I)cc(/C=C2/C(=N)N3C(c4ccccc4)=CSC3=NC2=O)cc1OC. The zero-order valence-corrected chi connectivity index (χ0v) is 24.1. The van der Waals surface area contributed by atoms with Gasteiger partial charge >= 0.3 is 0 Å². The number of ether oxygens (including phenoxy) is 4. The molecule has 1 N–H and O–H groups in total. The first-order valence-electron chi connectivity index (χ1n) is 11.9. The number of nitrogens with zero attached hydrogens (tertiary/aromatic N) is 2. The Labute approximate surface area is 244 Å². The van der Waals surface area contributed by atoms with Crippen LogP contribution in [0.5, 0.6) is 23.0 Å². The lowest BCUT2D eigenvalue weighted by atomic mass is 10.1. The van der Waals surface area contributed by atoms with Gasteiger partial charge in [0.05, 0.1) is 29.1 Å². The van der Waals surface area contributed by atoms with E-state index < -0.39 is 5.91 Å². The second kappa shape index (κ2) is 12.0. The number of fused-ring (bicyclic) bond motifs is 1. The largest absolute Gasteiger partial charge is 0.493 e. The Morgan fingerprint density at radius 1 is 0.949 bits per heavy atom. The van der Waals surface area contributed by atoms with Crippen LogP contribution in [-0.2, 0) is 4.79 Å². The number of hydrogen-bond acceptors (Lipinski definition) is 7. The van der Waals surface area contributed by atoms with E-state index in [-0.39, 0.29) is 18.0 Å². The maximum Gasteiger partial charge on any atom is 0.283 e. The van der Waals surface area contributed by atoms with Gasteiger partial charge in [-0.15, -0.1) is 0 Å². The number of hydrogen-bond donors (Lipinski definition) is 1. The normalized spacial score (nSPS) is 15.6. The van der Waals surface area contributed by atoms with Crippen molar-refractivity contribution in [3.8, 4) is 23.0 Å². The first-order chi connectivity index (χ1) is 19.0. The summed E-state index contributed by atoms with van der Waals surface area (Å²) in [6.45, 7) is 0.592. The number of carbonyl (C=O) groups is 1. The molecule has 5 rings (SSSR count). The van der Waals surface area contributed by atoms with Gasteiger partial charge in [0.2, 0.25) is 0 Å². The van der Waals surface area contributed by atoms with Crippen LogP contribution in [0.2, 0.25) is 0 Å². The quantitative estimate of drug-likeness (QED) is 0.170. The molecule has 0 saturated heterocycles. The van der Waals surface area contributed by atoms with E-state index in [1.807, 2.05) is 66.1 Å². The van der Waals surface area contributed by atoms with Crippen LogP contribution in [0.15, 0.2) is 82.7 Å². The van der Waals surface area contributed by atoms with E-state index >= 15 is 0 Å². The maximum absolute atomic E-state index is 12.9. The third-order valence-corrected chi connectivity index (χ3v) is 7.53. The monoisotopic (exact) mass is 653 g/mol. The van der Waals surface area contributed by atoms with Gasteiger partial charge in [-0.1, -0.05) is 54.2 Å². The average Bonchev–Trinajstić information content (AvgIpc) is 3.38. The van der Waals surface area contributed by atoms with E-state index in [1.165, 1.54) is 11.8 Å². The smallest absolute Gasteiger partial charge is 0.283 e. The minimum Gasteiger partial charge on any atom is -0.493 e. The van der Waals surface area contributed by atoms with Crippen LogP contribution in [0.4, 0.5) is 0 Å². The van der Waals surface area contributed by atoms with Gasteiger partial charge in [0.15, 0.2) is 28.2 Å². The van der Waals surface area contributed by atoms with Crippen molar-refractivity contribution in [3.63, 3.8) is 0 Å². The number of thioether (sulfide) groups is 1. The Kier molecular flexibility index (Phi) is 8.22. The summed E-state index contributed by atoms with van der Waals surface area (Å²) in [6, 6.07) is 20.8. The lowest BCUT2D eigenvalue weighted by Crippen LogP contribution is -2.38. The molecule has 0 aliphatic carbocycles. The van der Waals surface area contributed by atoms with Crippen molar-refractivity contribution in [2.45, 2.75) is 0 Å². The van der Waals surface area contributed by atoms with Crippen molar-refractivity contribution in [1.29, 1.82) is 5.41 Å². The molecule has 0 radical (unpaired) electrons. The van der Waals surface area contributed by atoms with E-state index in [0.29, 0.717) is 40.3 Å². The van der Waals surface area contributed by atoms with E-state index in [1.54, 1.807) is 31.3 Å². The van der Waals surface area contributed by atoms with Crippen LogP contribution in [0.3, 0.4) is 0 Å². The fourth-order valence-corrected chi connectivity index (χ4v) is 5.75. The second-order valence-electron chi connectivity index (χ2n) is 8.31. The van der Waals surface area contributed by atoms with Gasteiger partial charge in [-0.05, 0) is 64.1 Å². The van der Waals surface area contributed by atoms with Gasteiger partial charge in [-0.25, -0.2) is 0 Å². The summed E-state index contributed by atoms with van der Waals surface area (Å²) in [5.74, 6) is 1.99. The first-order valence-corrected chi connectivity index (χ1v) is 13.9. The summed E-state index contributed by atoms with van der Waals surface area (Å²) in [5, 5.41) is 11.3. The predicted octanol–water partition coefficient (Wildman–Crippen LogP) is 6.07. The number of carbonyl (C=O) groups excluding carboxylic acids is 1. The number of amides is 1. The third kappa shape index (κ3) is 5.66. The van der Waals surface area contributed by atoms with Crippen molar-refractivity contribution in [2.75, 3.05) is 27.4 Å². The first kappa shape index (κ1) is 26.8. The highest BCUT2D eigenvalue weighted by atomic mass is 127. The summed E-state index contributed by atoms with van der Waals surface area (Å²) in [4.78, 5) is 18.8. The number of aliphatic imine (C=N–C) groups is 1. The number of benzene rings is 3. The van der Waals surface area contributed by atoms with Crippen LogP contribution in [0, 0.1) is 8.98 Å². The molecule has 0 spiro atoms. The topological polar surface area (TPSA) is 93.4 Å². The molecule has 3 aromatic carbocycles. The van der Waals surface area contributed by atoms with Crippen molar-refractivity contribution in [3.05, 3.63) is 92.4 Å². The molecular formula is C29H24IN3O5S. The third-order valence-electron chi connectivity index (χ3n) is 5.90. The van der Waals surface area contributed by atoms with Gasteiger partial charge in [-0.2, -0.15) is 4.99 Å². The van der Waals surface area contributed by atoms with Gasteiger partial charge in [0, 0.05) is 5.41 Å². The molecule has 3 aromatic rings. The standard InChI is InChI=1S/C29H24IN3O5S/c1-35-23-10-6-7-11-24(23)37-12-13-38-26-21(30)15-18(16-25(26)36-2)14-20-27(31)33-22(19-8-4-3-5-9-19)17-39-29(33)32-28(20)34/h3-11,14-17,31H,12-13H2,1-2H3/b20-14-,31-27?. The van der Waals surface area contributed by atoms with E-state index in [0.717, 1.165) is 14.8 Å². The highest BCUT2D eigenvalue weighted by molar-refractivity contribution is 14.1. The molecule has 39 heavy (non-hydrogen) atoms. The molecule has 1 amide bonds. The van der Waals surface area contributed by atoms with Crippen LogP contribution < -0.4 is 18.9 Å². The molecule has 0 fully saturated rings. The zero-order chi connectivity index (χ0) is 27.4. The lowest BCUT2D eigenvalue weighted by molar-refractivity contribution is -0.114. The van der Waals surface area contributed by atoms with Gasteiger partial charge in [0.25, 0.3) is 5.91 Å². The molecule has 198 valence electrons. The molecule has 2 heterocycles. The summed E-state index contributed by atoms with van der Waals surface area (Å²) in [6.07, 6.45) is 1.66. The highest BCUT2D eigenvalue weighted by Crippen LogP contribution is 2.39. The molecule has 0 aromatic heterocycles. The summed E-state index contributed by atoms with van der Waals surface area (Å²) < 4.78 is 23.5. The van der Waals surface area contributed by atoms with Crippen molar-refractivity contribution >= 4 is 63.0 Å². The number of amidine groups is 2. The zero-order valence-electron chi connectivity index (χ0n) is 21.1. The van der Waals surface area contributed by atoms with Crippen molar-refractivity contribution < 1.29 is 23.7 Å². The second-order valence-corrected chi connectivity index (χ2v) is 10.3. The van der Waals surface area contributed by atoms with Crippen LogP contribution in [-0.4, -0.2) is 49.2 Å². The van der Waals surface area contributed by atoms with Gasteiger partial charge in [0.1, 0.15) is 19.0 Å². The average molecular weight is 653 g/mol. The summed E-state index contributed by atoms with van der Waals surface area (Å²) in [5.41, 5.74) is 2.65. The lowest BCUT2D eigenvalue weighted by Gasteiger charge is -2.27. The van der Waals surface area contributed by atoms with E-state index in [9.17, 15) is 4.79 Å². The maximum atomic E-state index is 12.9. The number of para-hydroxylation sites is 2. The fraction of sp³-hybridized carbons (Fsp3) is 0.138. The summed E-state index contributed by atoms with van der Waals surface area (Å²) >= 11 is 3.50. The molecule has 0 atom stereocenters. The minimum atomic E-state index is -0.454. The minimum absolute atomic E-state index is 0.0768. The number of nitrogens with one attached hydrogen (secondary N) is 1. The molecule has 0 bridgehead atoms. The van der Waals surface area contributed by atoms with Crippen molar-refractivity contribution in [2.24, 2.45) is 4.99 Å². The van der Waals surface area contributed by atoms with Crippen LogP contribution >= 0.6 is 34.4 Å². The molecule has 0 unspecified atom stereocenters. The Hall–Kier alpha value is -3.77. The Morgan fingerprint density at radius 3 is 2.38 bits per heavy atom. The molecule has 2 aliphatic rings. The molecule has 8 nitrogen and oxygen atoms in total. The Balaban J connectivity index is 1.34. The number of rotatable bonds is 9. The Morgan fingerprint density at radius 2 is 1.64 bits per heavy atom. The van der Waals surface area contributed by atoms with Gasteiger partial charge in [-0.3, -0.25) is 15.1 Å². The van der Waals surface area contributed by atoms with E-state index in [2.05, 4.69) is 27.6 Å². The highest BCUT2D eigenvalue weighted by Gasteiger charge is 2.36. The predicted molar refractivity (Wildman–Crippen MR) is 162 cm³/mol. The van der Waals surface area contributed by atoms with Crippen LogP contribution in [0.1, 0.15) is 11.1 Å². The van der Waals surface area contributed by atoms with E-state index in [4.69, 9.17) is 24.4 Å². The fourth-order valence-electron chi connectivity index (χ4n) is 4.08. The molecule has 2 aliphatic heterocycles. The number of halogens is 1. The molecule has 10 heteroatoms. The molecule has 0 saturated carbocycles. The Bertz CT molecular complexity index is 1520. The van der Waals surface area contributed by atoms with Crippen LogP contribution in [0.25, 0.3) is 11.8 Å². The van der Waals surface area contributed by atoms with Gasteiger partial charge < -0.3 is 18.9 Å². The summed E-state index contributed by atoms with van der Waals surface area (Å²) in [7, 11) is 3.16. The van der Waals surface area contributed by atoms with Crippen molar-refractivity contribution in [1.82, 2.24) is 4.90 Å².